The molecule has 2 unspecified atom stereocenters. The van der Waals surface area contributed by atoms with Gasteiger partial charge in [-0.3, -0.25) is 0 Å². The number of nitriles is 1. The van der Waals surface area contributed by atoms with Crippen LogP contribution in [0.4, 0.5) is 0 Å². The molecule has 1 aromatic heterocycles. The molecule has 3 rings (SSSR count). The monoisotopic (exact) mass is 394 g/mol. The van der Waals surface area contributed by atoms with Gasteiger partial charge in [-0.1, -0.05) is 11.6 Å². The summed E-state index contributed by atoms with van der Waals surface area (Å²) >= 11 is 5.71. The Morgan fingerprint density at radius 1 is 1.35 bits per heavy atom. The van der Waals surface area contributed by atoms with Crippen molar-refractivity contribution in [2.75, 3.05) is 19.6 Å². The Morgan fingerprint density at radius 3 is 2.54 bits per heavy atom. The van der Waals surface area contributed by atoms with Crippen molar-refractivity contribution in [3.05, 3.63) is 53.2 Å². The van der Waals surface area contributed by atoms with E-state index in [1.165, 1.54) is 18.3 Å². The first kappa shape index (κ1) is 20.3. The Balaban J connectivity index is 0.000000228. The maximum absolute atomic E-state index is 12.1. The van der Waals surface area contributed by atoms with Gasteiger partial charge in [0.05, 0.1) is 22.3 Å². The fourth-order valence-corrected chi connectivity index (χ4v) is 3.58. The van der Waals surface area contributed by atoms with Gasteiger partial charge in [0.25, 0.3) is 0 Å². The molecule has 2 atom stereocenters. The third-order valence-corrected chi connectivity index (χ3v) is 5.39. The molecular weight excluding hydrogens is 376 g/mol. The number of rotatable bonds is 3. The lowest BCUT2D eigenvalue weighted by atomic mass is 10.1. The van der Waals surface area contributed by atoms with Crippen LogP contribution in [0, 0.1) is 11.3 Å². The maximum atomic E-state index is 12.1. The number of aromatic hydroxyl groups is 1. The summed E-state index contributed by atoms with van der Waals surface area (Å²) in [5.74, 6) is 0.189. The van der Waals surface area contributed by atoms with Crippen LogP contribution in [0.1, 0.15) is 12.0 Å². The van der Waals surface area contributed by atoms with Crippen molar-refractivity contribution in [3.8, 4) is 11.8 Å². The van der Waals surface area contributed by atoms with E-state index in [4.69, 9.17) is 27.7 Å². The molecule has 1 fully saturated rings. The van der Waals surface area contributed by atoms with E-state index >= 15 is 0 Å². The van der Waals surface area contributed by atoms with Crippen LogP contribution in [-0.2, 0) is 11.0 Å². The zero-order valence-corrected chi connectivity index (χ0v) is 15.5. The first-order chi connectivity index (χ1) is 12.4. The van der Waals surface area contributed by atoms with Crippen LogP contribution in [0.25, 0.3) is 0 Å². The lowest BCUT2D eigenvalue weighted by molar-refractivity contribution is 0.0655. The number of phenols is 1. The van der Waals surface area contributed by atoms with Gasteiger partial charge < -0.3 is 15.9 Å². The van der Waals surface area contributed by atoms with E-state index in [1.54, 1.807) is 28.6 Å². The molecule has 0 amide bonds. The normalized spacial score (nSPS) is 20.7. The Morgan fingerprint density at radius 2 is 2.04 bits per heavy atom. The van der Waals surface area contributed by atoms with Crippen molar-refractivity contribution in [3.63, 3.8) is 0 Å². The molecule has 7 nitrogen and oxygen atoms in total. The van der Waals surface area contributed by atoms with Gasteiger partial charge in [-0.05, 0) is 42.8 Å². The molecule has 1 saturated heterocycles. The SMILES string of the molecule is N#Cc1ccc(O)cc1.NCC1(O)CCN(S(=O)c2ccc(Cl)cn2)C1. The summed E-state index contributed by atoms with van der Waals surface area (Å²) in [5.41, 5.74) is 5.11. The van der Waals surface area contributed by atoms with Crippen molar-refractivity contribution < 1.29 is 14.4 Å². The van der Waals surface area contributed by atoms with Crippen LogP contribution in [0.3, 0.4) is 0 Å². The lowest BCUT2D eigenvalue weighted by Crippen LogP contribution is -2.40. The van der Waals surface area contributed by atoms with Crippen LogP contribution in [0.5, 0.6) is 5.75 Å². The molecule has 0 spiro atoms. The van der Waals surface area contributed by atoms with Gasteiger partial charge in [0.1, 0.15) is 21.8 Å². The molecule has 9 heteroatoms. The predicted octanol–water partition coefficient (Wildman–Crippen LogP) is 1.42. The number of pyridine rings is 1. The molecule has 2 heterocycles. The van der Waals surface area contributed by atoms with E-state index in [0.717, 1.165) is 0 Å². The molecule has 2 aromatic rings. The average Bonchev–Trinajstić information content (AvgIpc) is 3.06. The fourth-order valence-electron chi connectivity index (χ4n) is 2.26. The molecule has 4 N–H and O–H groups in total. The third kappa shape index (κ3) is 5.49. The van der Waals surface area contributed by atoms with Crippen LogP contribution in [-0.4, -0.2) is 48.9 Å². The number of β-amino-alcohol motifs (C(OH)–C–C–N with tert-alkyl or cyclic N) is 1. The number of nitrogens with two attached hydrogens (primary N) is 1. The molecule has 26 heavy (non-hydrogen) atoms. The minimum absolute atomic E-state index is 0.175. The molecule has 0 saturated carbocycles. The molecule has 138 valence electrons. The minimum Gasteiger partial charge on any atom is -0.508 e. The van der Waals surface area contributed by atoms with Gasteiger partial charge in [-0.2, -0.15) is 5.26 Å². The van der Waals surface area contributed by atoms with Crippen LogP contribution in [0.15, 0.2) is 47.6 Å². The first-order valence-corrected chi connectivity index (χ1v) is 9.25. The summed E-state index contributed by atoms with van der Waals surface area (Å²) in [6.07, 6.45) is 1.99. The summed E-state index contributed by atoms with van der Waals surface area (Å²) in [6, 6.07) is 11.3. The Kier molecular flexibility index (Phi) is 7.08. The molecule has 1 aliphatic rings. The van der Waals surface area contributed by atoms with E-state index < -0.39 is 16.6 Å². The van der Waals surface area contributed by atoms with Gasteiger partial charge in [-0.25, -0.2) is 13.5 Å². The second-order valence-corrected chi connectivity index (χ2v) is 7.63. The second-order valence-electron chi connectivity index (χ2n) is 5.76. The molecule has 0 aliphatic carbocycles. The third-order valence-electron chi connectivity index (χ3n) is 3.79. The number of nitrogens with zero attached hydrogens (tertiary/aromatic N) is 3. The predicted molar refractivity (Wildman–Crippen MR) is 98.7 cm³/mol. The zero-order valence-electron chi connectivity index (χ0n) is 13.9. The Hall–Kier alpha value is -2.02. The van der Waals surface area contributed by atoms with Crippen molar-refractivity contribution in [1.82, 2.24) is 9.29 Å². The van der Waals surface area contributed by atoms with Crippen molar-refractivity contribution in [1.29, 1.82) is 5.26 Å². The maximum Gasteiger partial charge on any atom is 0.146 e. The quantitative estimate of drug-likeness (QED) is 0.723. The van der Waals surface area contributed by atoms with Crippen LogP contribution >= 0.6 is 11.6 Å². The standard InChI is InChI=1S/C10H14ClN3O2S.C7H5NO/c11-8-1-2-9(13-5-8)17(16)14-4-3-10(15,6-12)7-14;8-5-6-1-3-7(9)4-2-6/h1-2,5,15H,3-4,6-7,12H2;1-4,9H. The highest BCUT2D eigenvalue weighted by molar-refractivity contribution is 7.82. The molecule has 0 radical (unpaired) electrons. The fraction of sp³-hybridized carbons (Fsp3) is 0.294. The van der Waals surface area contributed by atoms with E-state index in [9.17, 15) is 9.32 Å². The summed E-state index contributed by atoms with van der Waals surface area (Å²) in [4.78, 5) is 4.01. The number of aliphatic hydroxyl groups is 1. The number of halogens is 1. The Bertz CT molecular complexity index is 795. The minimum atomic E-state index is -1.37. The highest BCUT2D eigenvalue weighted by Gasteiger charge is 2.37. The number of aromatic nitrogens is 1. The van der Waals surface area contributed by atoms with E-state index in [0.29, 0.717) is 35.1 Å². The van der Waals surface area contributed by atoms with Gasteiger partial charge in [-0.15, -0.1) is 0 Å². The summed E-state index contributed by atoms with van der Waals surface area (Å²) < 4.78 is 13.8. The van der Waals surface area contributed by atoms with Gasteiger partial charge in [0.2, 0.25) is 0 Å². The zero-order chi connectivity index (χ0) is 19.2. The van der Waals surface area contributed by atoms with Gasteiger partial charge in [0.15, 0.2) is 0 Å². The number of benzene rings is 1. The average molecular weight is 395 g/mol. The lowest BCUT2D eigenvalue weighted by Gasteiger charge is -2.20. The largest absolute Gasteiger partial charge is 0.508 e. The summed E-state index contributed by atoms with van der Waals surface area (Å²) in [6.45, 7) is 1.03. The summed E-state index contributed by atoms with van der Waals surface area (Å²) in [5, 5.41) is 28.0. The van der Waals surface area contributed by atoms with Gasteiger partial charge in [0, 0.05) is 25.8 Å². The molecule has 1 aromatic carbocycles. The number of hydrogen-bond acceptors (Lipinski definition) is 6. The van der Waals surface area contributed by atoms with Crippen molar-refractivity contribution in [2.45, 2.75) is 17.0 Å². The van der Waals surface area contributed by atoms with Crippen LogP contribution < -0.4 is 5.73 Å². The van der Waals surface area contributed by atoms with E-state index in [1.807, 2.05) is 6.07 Å². The second kappa shape index (κ2) is 9.07. The highest BCUT2D eigenvalue weighted by atomic mass is 35.5. The first-order valence-electron chi connectivity index (χ1n) is 7.77. The molecule has 0 bridgehead atoms. The Labute approximate surface area is 159 Å². The molecular formula is C17H19ClN4O3S. The van der Waals surface area contributed by atoms with Gasteiger partial charge >= 0.3 is 0 Å². The highest BCUT2D eigenvalue weighted by Crippen LogP contribution is 2.23. The van der Waals surface area contributed by atoms with E-state index in [2.05, 4.69) is 4.98 Å². The molecule has 1 aliphatic heterocycles. The topological polar surface area (TPSA) is 123 Å². The van der Waals surface area contributed by atoms with Crippen LogP contribution in [0.2, 0.25) is 5.02 Å². The summed E-state index contributed by atoms with van der Waals surface area (Å²) in [7, 11) is -1.37. The number of hydrogen-bond donors (Lipinski definition) is 3. The van der Waals surface area contributed by atoms with Crippen molar-refractivity contribution in [2.24, 2.45) is 5.73 Å². The van der Waals surface area contributed by atoms with Crippen molar-refractivity contribution >= 4 is 22.6 Å². The van der Waals surface area contributed by atoms with E-state index in [-0.39, 0.29) is 12.3 Å². The number of phenolic OH excluding ortho intramolecular Hbond substituents is 1. The smallest absolute Gasteiger partial charge is 0.146 e.